The first-order valence-corrected chi connectivity index (χ1v) is 11.4. The monoisotopic (exact) mass is 447 g/mol. The van der Waals surface area contributed by atoms with Gasteiger partial charge in [-0.05, 0) is 43.9 Å². The van der Waals surface area contributed by atoms with Crippen molar-refractivity contribution in [2.24, 2.45) is 0 Å². The number of anilines is 1. The first-order chi connectivity index (χ1) is 16.1. The second kappa shape index (κ2) is 7.68. The molecule has 1 N–H and O–H groups in total. The van der Waals surface area contributed by atoms with E-state index in [-0.39, 0.29) is 11.9 Å². The lowest BCUT2D eigenvalue weighted by Gasteiger charge is -2.30. The number of hydrogen-bond donors (Lipinski definition) is 1. The highest BCUT2D eigenvalue weighted by molar-refractivity contribution is 5.99. The first-order valence-electron chi connectivity index (χ1n) is 11.4. The minimum absolute atomic E-state index is 0.0296. The molecular formula is C24H25N5O4. The van der Waals surface area contributed by atoms with E-state index in [4.69, 9.17) is 9.47 Å². The summed E-state index contributed by atoms with van der Waals surface area (Å²) in [4.78, 5) is 28.9. The van der Waals surface area contributed by atoms with Gasteiger partial charge in [-0.1, -0.05) is 0 Å². The Morgan fingerprint density at radius 2 is 2.03 bits per heavy atom. The van der Waals surface area contributed by atoms with Crippen LogP contribution in [0.4, 0.5) is 10.5 Å². The van der Waals surface area contributed by atoms with Crippen LogP contribution in [0.5, 0.6) is 17.2 Å². The van der Waals surface area contributed by atoms with Crippen LogP contribution in [0.1, 0.15) is 35.2 Å². The summed E-state index contributed by atoms with van der Waals surface area (Å²) in [7, 11) is 0. The van der Waals surface area contributed by atoms with E-state index in [2.05, 4.69) is 10.4 Å². The van der Waals surface area contributed by atoms with Crippen molar-refractivity contribution < 1.29 is 19.1 Å². The molecule has 2 aromatic heterocycles. The minimum atomic E-state index is -0.0882. The number of likely N-dealkylation sites (tertiary alicyclic amines) is 1. The summed E-state index contributed by atoms with van der Waals surface area (Å²) in [6.45, 7) is 4.45. The molecule has 2 aliphatic heterocycles. The molecule has 6 rings (SSSR count). The van der Waals surface area contributed by atoms with E-state index < -0.39 is 0 Å². The molecule has 0 unspecified atom stereocenters. The van der Waals surface area contributed by atoms with Gasteiger partial charge in [0.2, 0.25) is 0 Å². The molecule has 3 amide bonds. The fourth-order valence-corrected chi connectivity index (χ4v) is 4.29. The van der Waals surface area contributed by atoms with E-state index in [9.17, 15) is 9.59 Å². The van der Waals surface area contributed by atoms with Crippen molar-refractivity contribution in [2.45, 2.75) is 32.2 Å². The Bertz CT molecular complexity index is 1260. The zero-order chi connectivity index (χ0) is 22.5. The summed E-state index contributed by atoms with van der Waals surface area (Å²) in [5.41, 5.74) is 2.97. The van der Waals surface area contributed by atoms with Crippen LogP contribution in [-0.4, -0.2) is 58.7 Å². The van der Waals surface area contributed by atoms with Gasteiger partial charge in [0, 0.05) is 37.5 Å². The fraction of sp³-hybridized carbons (Fsp3) is 0.375. The summed E-state index contributed by atoms with van der Waals surface area (Å²) >= 11 is 0. The Labute approximate surface area is 190 Å². The van der Waals surface area contributed by atoms with Gasteiger partial charge in [0.05, 0.1) is 24.0 Å². The van der Waals surface area contributed by atoms with Gasteiger partial charge in [-0.3, -0.25) is 9.69 Å². The molecule has 0 bridgehead atoms. The molecule has 33 heavy (non-hydrogen) atoms. The lowest BCUT2D eigenvalue weighted by atomic mass is 10.1. The van der Waals surface area contributed by atoms with E-state index in [0.717, 1.165) is 49.1 Å². The number of nitrogens with zero attached hydrogens (tertiary/aromatic N) is 4. The van der Waals surface area contributed by atoms with Crippen LogP contribution in [0.25, 0.3) is 5.52 Å². The fourth-order valence-electron chi connectivity index (χ4n) is 4.29. The van der Waals surface area contributed by atoms with Crippen LogP contribution in [0.3, 0.4) is 0 Å². The zero-order valence-electron chi connectivity index (χ0n) is 18.4. The molecule has 9 nitrogen and oxygen atoms in total. The third kappa shape index (κ3) is 3.53. The Morgan fingerprint density at radius 1 is 1.18 bits per heavy atom. The molecule has 3 aromatic rings. The number of nitrogens with one attached hydrogen (secondary N) is 1. The lowest BCUT2D eigenvalue weighted by molar-refractivity contribution is 0.0651. The predicted octanol–water partition coefficient (Wildman–Crippen LogP) is 3.35. The van der Waals surface area contributed by atoms with Gasteiger partial charge in [-0.15, -0.1) is 0 Å². The highest BCUT2D eigenvalue weighted by Gasteiger charge is 2.30. The highest BCUT2D eigenvalue weighted by atomic mass is 16.5. The van der Waals surface area contributed by atoms with Gasteiger partial charge in [0.1, 0.15) is 23.6 Å². The van der Waals surface area contributed by atoms with Crippen molar-refractivity contribution in [3.63, 3.8) is 0 Å². The number of carbonyl (C=O) groups excluding carboxylic acids is 2. The van der Waals surface area contributed by atoms with Crippen molar-refractivity contribution in [3.05, 3.63) is 47.8 Å². The number of urea groups is 1. The van der Waals surface area contributed by atoms with E-state index >= 15 is 0 Å². The average Bonchev–Trinajstić information content (AvgIpc) is 3.52. The molecule has 0 atom stereocenters. The van der Waals surface area contributed by atoms with Gasteiger partial charge in [0.25, 0.3) is 5.91 Å². The number of amides is 3. The van der Waals surface area contributed by atoms with Gasteiger partial charge >= 0.3 is 6.03 Å². The van der Waals surface area contributed by atoms with Crippen LogP contribution in [-0.2, 0) is 0 Å². The molecule has 2 fully saturated rings. The summed E-state index contributed by atoms with van der Waals surface area (Å²) in [5, 5.41) is 7.40. The number of aryl methyl sites for hydroxylation is 1. The Kier molecular flexibility index (Phi) is 4.63. The molecule has 1 saturated carbocycles. The van der Waals surface area contributed by atoms with E-state index in [1.807, 2.05) is 24.0 Å². The number of carbonyl (C=O) groups is 2. The minimum Gasteiger partial charge on any atom is -0.489 e. The quantitative estimate of drug-likeness (QED) is 0.663. The number of aromatic nitrogens is 2. The van der Waals surface area contributed by atoms with Gasteiger partial charge in [-0.25, -0.2) is 9.31 Å². The lowest BCUT2D eigenvalue weighted by Crippen LogP contribution is -2.45. The number of benzene rings is 1. The van der Waals surface area contributed by atoms with E-state index in [0.29, 0.717) is 42.0 Å². The van der Waals surface area contributed by atoms with Crippen LogP contribution < -0.4 is 19.7 Å². The average molecular weight is 447 g/mol. The number of rotatable bonds is 4. The van der Waals surface area contributed by atoms with Crippen molar-refractivity contribution in [3.8, 4) is 17.2 Å². The van der Waals surface area contributed by atoms with Crippen LogP contribution in [0.2, 0.25) is 0 Å². The number of fused-ring (bicyclic) bond motifs is 2. The van der Waals surface area contributed by atoms with Crippen LogP contribution in [0.15, 0.2) is 36.7 Å². The van der Waals surface area contributed by atoms with Crippen molar-refractivity contribution in [2.75, 3.05) is 31.1 Å². The maximum absolute atomic E-state index is 12.8. The molecule has 170 valence electrons. The van der Waals surface area contributed by atoms with Crippen molar-refractivity contribution >= 4 is 23.1 Å². The first kappa shape index (κ1) is 19.9. The van der Waals surface area contributed by atoms with Gasteiger partial charge in [-0.2, -0.15) is 5.10 Å². The van der Waals surface area contributed by atoms with Gasteiger partial charge in [0.15, 0.2) is 5.75 Å². The summed E-state index contributed by atoms with van der Waals surface area (Å²) in [6, 6.07) is 7.46. The molecule has 1 aromatic carbocycles. The van der Waals surface area contributed by atoms with Crippen LogP contribution >= 0.6 is 0 Å². The third-order valence-corrected chi connectivity index (χ3v) is 6.44. The molecule has 3 aliphatic rings. The van der Waals surface area contributed by atoms with E-state index in [1.54, 1.807) is 33.9 Å². The molecule has 0 radical (unpaired) electrons. The van der Waals surface area contributed by atoms with Crippen LogP contribution in [0, 0.1) is 6.92 Å². The summed E-state index contributed by atoms with van der Waals surface area (Å²) in [6.07, 6.45) is 6.55. The van der Waals surface area contributed by atoms with Crippen molar-refractivity contribution in [1.82, 2.24) is 19.8 Å². The Morgan fingerprint density at radius 3 is 2.79 bits per heavy atom. The normalized spacial score (nSPS) is 17.2. The molecule has 0 spiro atoms. The largest absolute Gasteiger partial charge is 0.489 e. The van der Waals surface area contributed by atoms with Crippen molar-refractivity contribution in [1.29, 1.82) is 0 Å². The summed E-state index contributed by atoms with van der Waals surface area (Å²) < 4.78 is 13.7. The SMILES string of the molecule is Cc1c(C(=O)N2CCC2)cn2nccc(Oc3ccc4c(c3)OCCN4C(=O)NC3CC3)c12. The molecule has 4 heterocycles. The molecule has 9 heteroatoms. The second-order valence-electron chi connectivity index (χ2n) is 8.76. The Hall–Kier alpha value is -3.75. The smallest absolute Gasteiger partial charge is 0.322 e. The Balaban J connectivity index is 1.29. The summed E-state index contributed by atoms with van der Waals surface area (Å²) in [5.74, 6) is 1.82. The zero-order valence-corrected chi connectivity index (χ0v) is 18.4. The maximum atomic E-state index is 12.8. The highest BCUT2D eigenvalue weighted by Crippen LogP contribution is 2.38. The molecular weight excluding hydrogens is 422 g/mol. The molecule has 1 aliphatic carbocycles. The maximum Gasteiger partial charge on any atom is 0.322 e. The van der Waals surface area contributed by atoms with E-state index in [1.165, 1.54) is 0 Å². The van der Waals surface area contributed by atoms with Gasteiger partial charge < -0.3 is 19.7 Å². The standard InChI is InChI=1S/C24H25N5O4/c1-15-18(23(30)27-9-2-10-27)14-29-22(15)20(7-8-25-29)33-17-5-6-19-21(13-17)32-12-11-28(19)24(31)26-16-3-4-16/h5-8,13-14,16H,2-4,9-12H2,1H3,(H,26,31). The predicted molar refractivity (Wildman–Crippen MR) is 121 cm³/mol. The molecule has 1 saturated heterocycles. The second-order valence-corrected chi connectivity index (χ2v) is 8.76. The number of hydrogen-bond acceptors (Lipinski definition) is 5. The third-order valence-electron chi connectivity index (χ3n) is 6.44. The topological polar surface area (TPSA) is 88.4 Å². The number of ether oxygens (including phenoxy) is 2.